The van der Waals surface area contributed by atoms with E-state index in [1.54, 1.807) is 6.92 Å². The fourth-order valence-electron chi connectivity index (χ4n) is 3.17. The Kier molecular flexibility index (Phi) is 8.49. The van der Waals surface area contributed by atoms with E-state index in [2.05, 4.69) is 4.90 Å². The smallest absolute Gasteiger partial charge is 0.306 e. The summed E-state index contributed by atoms with van der Waals surface area (Å²) in [5, 5.41) is 0. The fourth-order valence-corrected chi connectivity index (χ4v) is 3.17. The average Bonchev–Trinajstić information content (AvgIpc) is 2.62. The lowest BCUT2D eigenvalue weighted by Crippen LogP contribution is -2.48. The molecule has 0 aromatic rings. The number of amides is 1. The van der Waals surface area contributed by atoms with Crippen LogP contribution in [-0.4, -0.2) is 86.9 Å². The highest BCUT2D eigenvalue weighted by atomic mass is 16.5. The Hall–Kier alpha value is -1.18. The Bertz CT molecular complexity index is 392. The van der Waals surface area contributed by atoms with Crippen LogP contribution in [0.25, 0.3) is 0 Å². The van der Waals surface area contributed by atoms with Crippen LogP contribution in [0.2, 0.25) is 0 Å². The second-order valence-electron chi connectivity index (χ2n) is 6.19. The van der Waals surface area contributed by atoms with E-state index in [0.29, 0.717) is 26.4 Å². The molecular formula is C17H30N2O5. The van der Waals surface area contributed by atoms with Gasteiger partial charge in [-0.2, -0.15) is 0 Å². The van der Waals surface area contributed by atoms with Gasteiger partial charge >= 0.3 is 5.97 Å². The lowest BCUT2D eigenvalue weighted by atomic mass is 10.1. The lowest BCUT2D eigenvalue weighted by Gasteiger charge is -2.36. The maximum absolute atomic E-state index is 12.7. The standard InChI is InChI=1S/C17H30N2O5/c1-2-24-17(21)4-3-16(20)19(15-5-11-22-12-6-15)8-7-18-9-13-23-14-10-18/h15H,2-14H2,1H3. The highest BCUT2D eigenvalue weighted by Crippen LogP contribution is 2.16. The predicted octanol–water partition coefficient (Wildman–Crippen LogP) is 0.670. The summed E-state index contributed by atoms with van der Waals surface area (Å²) >= 11 is 0. The first-order valence-electron chi connectivity index (χ1n) is 9.03. The van der Waals surface area contributed by atoms with E-state index in [9.17, 15) is 9.59 Å². The SMILES string of the molecule is CCOC(=O)CCC(=O)N(CCN1CCOCC1)C1CCOCC1. The summed E-state index contributed by atoms with van der Waals surface area (Å²) in [6.07, 6.45) is 2.12. The molecule has 0 unspecified atom stereocenters. The summed E-state index contributed by atoms with van der Waals surface area (Å²) in [7, 11) is 0. The molecule has 138 valence electrons. The number of carbonyl (C=O) groups excluding carboxylic acids is 2. The Balaban J connectivity index is 1.85. The molecule has 2 heterocycles. The van der Waals surface area contributed by atoms with Gasteiger partial charge in [0.25, 0.3) is 0 Å². The number of morpholine rings is 1. The number of esters is 1. The van der Waals surface area contributed by atoms with E-state index in [4.69, 9.17) is 14.2 Å². The summed E-state index contributed by atoms with van der Waals surface area (Å²) in [5.74, 6) is -0.255. The molecule has 2 aliphatic heterocycles. The second kappa shape index (κ2) is 10.6. The molecule has 7 nitrogen and oxygen atoms in total. The molecule has 0 aromatic heterocycles. The third-order valence-corrected chi connectivity index (χ3v) is 4.56. The summed E-state index contributed by atoms with van der Waals surface area (Å²) in [6, 6.07) is 0.217. The van der Waals surface area contributed by atoms with Gasteiger partial charge in [0.15, 0.2) is 0 Å². The van der Waals surface area contributed by atoms with Crippen LogP contribution in [0, 0.1) is 0 Å². The third-order valence-electron chi connectivity index (χ3n) is 4.56. The summed E-state index contributed by atoms with van der Waals surface area (Å²) in [4.78, 5) is 28.5. The lowest BCUT2D eigenvalue weighted by molar-refractivity contribution is -0.146. The Morgan fingerprint density at radius 1 is 1.08 bits per heavy atom. The molecule has 0 N–H and O–H groups in total. The Labute approximate surface area is 144 Å². The molecule has 0 aliphatic carbocycles. The Morgan fingerprint density at radius 2 is 1.75 bits per heavy atom. The summed E-state index contributed by atoms with van der Waals surface area (Å²) < 4.78 is 15.7. The van der Waals surface area contributed by atoms with Gasteiger partial charge < -0.3 is 19.1 Å². The largest absolute Gasteiger partial charge is 0.466 e. The van der Waals surface area contributed by atoms with Crippen molar-refractivity contribution in [3.8, 4) is 0 Å². The number of rotatable bonds is 8. The van der Waals surface area contributed by atoms with Crippen LogP contribution >= 0.6 is 0 Å². The van der Waals surface area contributed by atoms with Crippen LogP contribution in [-0.2, 0) is 23.8 Å². The van der Waals surface area contributed by atoms with E-state index < -0.39 is 0 Å². The summed E-state index contributed by atoms with van der Waals surface area (Å²) in [5.41, 5.74) is 0. The number of carbonyl (C=O) groups is 2. The number of hydrogen-bond acceptors (Lipinski definition) is 6. The third kappa shape index (κ3) is 6.37. The van der Waals surface area contributed by atoms with Crippen LogP contribution in [0.15, 0.2) is 0 Å². The van der Waals surface area contributed by atoms with E-state index >= 15 is 0 Å². The number of hydrogen-bond donors (Lipinski definition) is 0. The molecule has 2 fully saturated rings. The molecule has 7 heteroatoms. The first-order chi connectivity index (χ1) is 11.7. The first-order valence-corrected chi connectivity index (χ1v) is 9.03. The van der Waals surface area contributed by atoms with Crippen LogP contribution < -0.4 is 0 Å². The van der Waals surface area contributed by atoms with Crippen molar-refractivity contribution in [2.75, 3.05) is 59.2 Å². The van der Waals surface area contributed by atoms with Crippen molar-refractivity contribution in [3.63, 3.8) is 0 Å². The van der Waals surface area contributed by atoms with Crippen LogP contribution in [0.4, 0.5) is 0 Å². The summed E-state index contributed by atoms with van der Waals surface area (Å²) in [6.45, 7) is 8.43. The molecule has 1 amide bonds. The fraction of sp³-hybridized carbons (Fsp3) is 0.882. The molecule has 2 saturated heterocycles. The van der Waals surface area contributed by atoms with Crippen LogP contribution in [0.1, 0.15) is 32.6 Å². The van der Waals surface area contributed by atoms with Crippen molar-refractivity contribution in [3.05, 3.63) is 0 Å². The first kappa shape index (κ1) is 19.1. The predicted molar refractivity (Wildman–Crippen MR) is 88.7 cm³/mol. The van der Waals surface area contributed by atoms with Gasteiger partial charge in [-0.15, -0.1) is 0 Å². The van der Waals surface area contributed by atoms with Gasteiger partial charge in [-0.25, -0.2) is 0 Å². The van der Waals surface area contributed by atoms with Crippen molar-refractivity contribution in [2.24, 2.45) is 0 Å². The molecule has 0 aromatic carbocycles. The van der Waals surface area contributed by atoms with E-state index in [1.165, 1.54) is 0 Å². The molecule has 24 heavy (non-hydrogen) atoms. The molecule has 0 radical (unpaired) electrons. The minimum absolute atomic E-state index is 0.0446. The van der Waals surface area contributed by atoms with Gasteiger partial charge in [0, 0.05) is 51.9 Å². The normalized spacial score (nSPS) is 19.9. The highest BCUT2D eigenvalue weighted by Gasteiger charge is 2.26. The van der Waals surface area contributed by atoms with Crippen molar-refractivity contribution >= 4 is 11.9 Å². The monoisotopic (exact) mass is 342 g/mol. The van der Waals surface area contributed by atoms with Crippen LogP contribution in [0.3, 0.4) is 0 Å². The second-order valence-corrected chi connectivity index (χ2v) is 6.19. The van der Waals surface area contributed by atoms with E-state index in [0.717, 1.165) is 45.7 Å². The zero-order valence-electron chi connectivity index (χ0n) is 14.7. The molecule has 0 saturated carbocycles. The number of ether oxygens (including phenoxy) is 3. The van der Waals surface area contributed by atoms with Crippen LogP contribution in [0.5, 0.6) is 0 Å². The quantitative estimate of drug-likeness (QED) is 0.604. The average molecular weight is 342 g/mol. The van der Waals surface area contributed by atoms with Gasteiger partial charge in [-0.05, 0) is 19.8 Å². The van der Waals surface area contributed by atoms with Gasteiger partial charge in [0.05, 0.1) is 26.2 Å². The maximum Gasteiger partial charge on any atom is 0.306 e. The number of nitrogens with zero attached hydrogens (tertiary/aromatic N) is 2. The van der Waals surface area contributed by atoms with E-state index in [-0.39, 0.29) is 30.8 Å². The topological polar surface area (TPSA) is 68.3 Å². The zero-order chi connectivity index (χ0) is 17.2. The van der Waals surface area contributed by atoms with Crippen molar-refractivity contribution in [1.82, 2.24) is 9.80 Å². The zero-order valence-corrected chi connectivity index (χ0v) is 14.7. The van der Waals surface area contributed by atoms with Gasteiger partial charge in [-0.3, -0.25) is 14.5 Å². The van der Waals surface area contributed by atoms with Crippen molar-refractivity contribution in [2.45, 2.75) is 38.6 Å². The highest BCUT2D eigenvalue weighted by molar-refractivity contribution is 5.81. The van der Waals surface area contributed by atoms with Gasteiger partial charge in [0.1, 0.15) is 0 Å². The Morgan fingerprint density at radius 3 is 2.42 bits per heavy atom. The van der Waals surface area contributed by atoms with Crippen molar-refractivity contribution < 1.29 is 23.8 Å². The molecule has 0 bridgehead atoms. The molecular weight excluding hydrogens is 312 g/mol. The molecule has 0 spiro atoms. The van der Waals surface area contributed by atoms with Gasteiger partial charge in [0.2, 0.25) is 5.91 Å². The minimum atomic E-state index is -0.300. The molecule has 2 rings (SSSR count). The molecule has 0 atom stereocenters. The van der Waals surface area contributed by atoms with Crippen molar-refractivity contribution in [1.29, 1.82) is 0 Å². The van der Waals surface area contributed by atoms with Gasteiger partial charge in [-0.1, -0.05) is 0 Å². The van der Waals surface area contributed by atoms with E-state index in [1.807, 2.05) is 4.90 Å². The minimum Gasteiger partial charge on any atom is -0.466 e. The maximum atomic E-state index is 12.7. The molecule has 2 aliphatic rings.